The number of rotatable bonds is 6. The zero-order valence-electron chi connectivity index (χ0n) is 19.8. The first-order chi connectivity index (χ1) is 13.7. The lowest BCUT2D eigenvalue weighted by molar-refractivity contribution is 0.0907. The van der Waals surface area contributed by atoms with Crippen molar-refractivity contribution in [2.45, 2.75) is 105 Å². The molecular formula is C28H46O. The van der Waals surface area contributed by atoms with Gasteiger partial charge in [0.15, 0.2) is 0 Å². The van der Waals surface area contributed by atoms with Crippen LogP contribution in [0.3, 0.4) is 0 Å². The molecule has 1 heteroatoms. The van der Waals surface area contributed by atoms with E-state index in [2.05, 4.69) is 53.3 Å². The van der Waals surface area contributed by atoms with E-state index in [4.69, 9.17) is 0 Å². The Morgan fingerprint density at radius 3 is 2.55 bits per heavy atom. The molecule has 3 aliphatic carbocycles. The Bertz CT molecular complexity index is 639. The van der Waals surface area contributed by atoms with Crippen LogP contribution in [0, 0.1) is 35.0 Å². The van der Waals surface area contributed by atoms with Crippen LogP contribution in [0.2, 0.25) is 0 Å². The summed E-state index contributed by atoms with van der Waals surface area (Å²) < 4.78 is 0. The molecule has 0 radical (unpaired) electrons. The summed E-state index contributed by atoms with van der Waals surface area (Å²) in [6, 6.07) is 0. The minimum atomic E-state index is -0.174. The molecular weight excluding hydrogens is 352 g/mol. The quantitative estimate of drug-likeness (QED) is 0.482. The molecule has 0 aromatic rings. The van der Waals surface area contributed by atoms with Crippen LogP contribution in [-0.2, 0) is 0 Å². The second-order valence-corrected chi connectivity index (χ2v) is 11.3. The van der Waals surface area contributed by atoms with Crippen LogP contribution >= 0.6 is 0 Å². The molecule has 3 rings (SSSR count). The molecule has 164 valence electrons. The Kier molecular flexibility index (Phi) is 7.52. The molecule has 3 unspecified atom stereocenters. The Labute approximate surface area is 180 Å². The minimum Gasteiger partial charge on any atom is -0.393 e. The Balaban J connectivity index is 1.70. The molecule has 3 saturated carbocycles. The molecule has 0 heterocycles. The number of hydrogen-bond acceptors (Lipinski definition) is 1. The van der Waals surface area contributed by atoms with Crippen LogP contribution in [0.25, 0.3) is 0 Å². The van der Waals surface area contributed by atoms with Gasteiger partial charge in [0.25, 0.3) is 0 Å². The highest BCUT2D eigenvalue weighted by Gasteiger charge is 2.50. The van der Waals surface area contributed by atoms with Crippen molar-refractivity contribution < 1.29 is 5.11 Å². The van der Waals surface area contributed by atoms with E-state index in [1.165, 1.54) is 56.1 Å². The number of aliphatic hydroxyl groups is 1. The third-order valence-electron chi connectivity index (χ3n) is 9.13. The number of allylic oxidation sites excluding steroid dienone is 4. The van der Waals surface area contributed by atoms with Crippen LogP contribution in [0.4, 0.5) is 0 Å². The summed E-state index contributed by atoms with van der Waals surface area (Å²) in [7, 11) is 0. The molecule has 1 N–H and O–H groups in total. The lowest BCUT2D eigenvalue weighted by Crippen LogP contribution is -2.36. The van der Waals surface area contributed by atoms with E-state index in [-0.39, 0.29) is 6.10 Å². The molecule has 29 heavy (non-hydrogen) atoms. The van der Waals surface area contributed by atoms with Gasteiger partial charge in [-0.2, -0.15) is 0 Å². The summed E-state index contributed by atoms with van der Waals surface area (Å²) in [6.45, 7) is 16.6. The third kappa shape index (κ3) is 5.09. The van der Waals surface area contributed by atoms with Crippen molar-refractivity contribution in [3.8, 4) is 0 Å². The molecule has 0 saturated heterocycles. The second kappa shape index (κ2) is 9.54. The average Bonchev–Trinajstić information content (AvgIpc) is 3.04. The molecule has 0 spiro atoms. The Hall–Kier alpha value is -0.820. The fraction of sp³-hybridized carbons (Fsp3) is 0.786. The van der Waals surface area contributed by atoms with Gasteiger partial charge in [0.05, 0.1) is 6.10 Å². The lowest BCUT2D eigenvalue weighted by Gasteiger charge is -2.44. The Morgan fingerprint density at radius 1 is 1.07 bits per heavy atom. The van der Waals surface area contributed by atoms with Gasteiger partial charge in [-0.1, -0.05) is 77.3 Å². The van der Waals surface area contributed by atoms with Gasteiger partial charge in [0, 0.05) is 0 Å². The first-order valence-electron chi connectivity index (χ1n) is 12.5. The number of hydrogen-bond donors (Lipinski definition) is 1. The van der Waals surface area contributed by atoms with Crippen molar-refractivity contribution in [2.24, 2.45) is 35.0 Å². The smallest absolute Gasteiger partial charge is 0.0583 e. The summed E-state index contributed by atoms with van der Waals surface area (Å²) >= 11 is 0. The summed E-state index contributed by atoms with van der Waals surface area (Å²) in [5, 5.41) is 10.0. The van der Waals surface area contributed by atoms with E-state index >= 15 is 0 Å². The first kappa shape index (κ1) is 22.9. The van der Waals surface area contributed by atoms with Gasteiger partial charge < -0.3 is 5.11 Å². The van der Waals surface area contributed by atoms with E-state index in [1.807, 2.05) is 0 Å². The fourth-order valence-electron chi connectivity index (χ4n) is 6.67. The van der Waals surface area contributed by atoms with Crippen molar-refractivity contribution in [1.82, 2.24) is 0 Å². The van der Waals surface area contributed by atoms with Crippen molar-refractivity contribution in [2.75, 3.05) is 0 Å². The van der Waals surface area contributed by atoms with Gasteiger partial charge in [-0.25, -0.2) is 0 Å². The van der Waals surface area contributed by atoms with Crippen molar-refractivity contribution in [3.63, 3.8) is 0 Å². The summed E-state index contributed by atoms with van der Waals surface area (Å²) in [4.78, 5) is 0. The van der Waals surface area contributed by atoms with Gasteiger partial charge in [-0.05, 0) is 91.9 Å². The van der Waals surface area contributed by atoms with Crippen LogP contribution in [0.15, 0.2) is 35.5 Å². The van der Waals surface area contributed by atoms with Crippen molar-refractivity contribution >= 4 is 0 Å². The molecule has 1 nitrogen and oxygen atoms in total. The zero-order valence-corrected chi connectivity index (χ0v) is 19.8. The summed E-state index contributed by atoms with van der Waals surface area (Å²) in [5.41, 5.74) is 4.70. The number of aliphatic hydroxyl groups excluding tert-OH is 1. The maximum absolute atomic E-state index is 10.0. The van der Waals surface area contributed by atoms with Gasteiger partial charge in [-0.3, -0.25) is 0 Å². The van der Waals surface area contributed by atoms with Gasteiger partial charge >= 0.3 is 0 Å². The van der Waals surface area contributed by atoms with E-state index in [0.717, 1.165) is 48.9 Å². The molecule has 0 aromatic carbocycles. The van der Waals surface area contributed by atoms with Crippen LogP contribution in [0.5, 0.6) is 0 Å². The highest BCUT2D eigenvalue weighted by molar-refractivity contribution is 5.36. The maximum Gasteiger partial charge on any atom is 0.0583 e. The SMILES string of the molecule is C=C1CC[C@@H](O)C/C1=C/C=C1\CCCC2(C)C1CCC2[C@H](C)CC[C@H](C)C(C)C. The summed E-state index contributed by atoms with van der Waals surface area (Å²) in [5.74, 6) is 4.14. The van der Waals surface area contributed by atoms with E-state index in [0.29, 0.717) is 5.41 Å². The van der Waals surface area contributed by atoms with Crippen molar-refractivity contribution in [3.05, 3.63) is 35.5 Å². The van der Waals surface area contributed by atoms with Crippen LogP contribution in [-0.4, -0.2) is 11.2 Å². The first-order valence-corrected chi connectivity index (χ1v) is 12.5. The molecule has 3 aliphatic rings. The molecule has 0 amide bonds. The van der Waals surface area contributed by atoms with Gasteiger partial charge in [0.1, 0.15) is 0 Å². The zero-order chi connectivity index (χ0) is 21.2. The molecule has 0 bridgehead atoms. The predicted molar refractivity (Wildman–Crippen MR) is 126 cm³/mol. The lowest BCUT2D eigenvalue weighted by atomic mass is 9.60. The normalized spacial score (nSPS) is 37.9. The Morgan fingerprint density at radius 2 is 1.83 bits per heavy atom. The minimum absolute atomic E-state index is 0.174. The fourth-order valence-corrected chi connectivity index (χ4v) is 6.67. The van der Waals surface area contributed by atoms with E-state index in [1.54, 1.807) is 5.57 Å². The molecule has 3 fully saturated rings. The standard InChI is InChI=1S/C28H46O/c1-19(2)20(3)9-10-22(5)26-15-16-27-23(8-7-17-28(26,27)6)12-13-24-18-25(29)14-11-21(24)4/h12-13,19-20,22,25-27,29H,4,7-11,14-18H2,1-3,5-6H3/b23-12+,24-13-/t20-,22+,25+,26?,27?,28?/m0/s1. The second-order valence-electron chi connectivity index (χ2n) is 11.3. The topological polar surface area (TPSA) is 20.2 Å². The molecule has 6 atom stereocenters. The van der Waals surface area contributed by atoms with Crippen molar-refractivity contribution in [1.29, 1.82) is 0 Å². The monoisotopic (exact) mass is 398 g/mol. The van der Waals surface area contributed by atoms with Crippen LogP contribution in [0.1, 0.15) is 98.8 Å². The average molecular weight is 399 g/mol. The molecule has 0 aromatic heterocycles. The van der Waals surface area contributed by atoms with Crippen LogP contribution < -0.4 is 0 Å². The van der Waals surface area contributed by atoms with Gasteiger partial charge in [0.2, 0.25) is 0 Å². The molecule has 0 aliphatic heterocycles. The van der Waals surface area contributed by atoms with Gasteiger partial charge in [-0.15, -0.1) is 0 Å². The predicted octanol–water partition coefficient (Wildman–Crippen LogP) is 7.87. The largest absolute Gasteiger partial charge is 0.393 e. The third-order valence-corrected chi connectivity index (χ3v) is 9.13. The highest BCUT2D eigenvalue weighted by atomic mass is 16.3. The van der Waals surface area contributed by atoms with E-state index < -0.39 is 0 Å². The van der Waals surface area contributed by atoms with E-state index in [9.17, 15) is 5.11 Å². The summed E-state index contributed by atoms with van der Waals surface area (Å²) in [6.07, 6.45) is 16.8. The maximum atomic E-state index is 10.0. The highest BCUT2D eigenvalue weighted by Crippen LogP contribution is 2.60. The number of fused-ring (bicyclic) bond motifs is 1.